The zero-order valence-corrected chi connectivity index (χ0v) is 14.7. The SMILES string of the molecule is Cc1ccccc1N1C(=O)[C@@H]2[C@H]3C[C@@H]([C@H](Br)[C@H]3Br)[C@H]2C1=O. The minimum atomic E-state index is -0.139. The molecule has 2 bridgehead atoms. The van der Waals surface area contributed by atoms with Gasteiger partial charge in [0.25, 0.3) is 0 Å². The number of amides is 2. The summed E-state index contributed by atoms with van der Waals surface area (Å²) in [5, 5.41) is 0. The van der Waals surface area contributed by atoms with E-state index in [0.717, 1.165) is 17.7 Å². The van der Waals surface area contributed by atoms with Crippen molar-refractivity contribution in [3.63, 3.8) is 0 Å². The van der Waals surface area contributed by atoms with Crippen LogP contribution in [0.1, 0.15) is 12.0 Å². The van der Waals surface area contributed by atoms with Crippen LogP contribution in [0.25, 0.3) is 0 Å². The fourth-order valence-corrected chi connectivity index (χ4v) is 6.27. The van der Waals surface area contributed by atoms with E-state index in [1.165, 1.54) is 4.90 Å². The van der Waals surface area contributed by atoms with Gasteiger partial charge in [-0.15, -0.1) is 0 Å². The molecule has 0 radical (unpaired) electrons. The standard InChI is InChI=1S/C16H15Br2NO2/c1-7-4-2-3-5-10(7)19-15(20)11-8-6-9(12(11)16(19)21)14(18)13(8)17/h2-5,8-9,11-14H,6H2,1H3/t8-,9-,11-,12-,13+,14+/m1/s1. The first-order valence-electron chi connectivity index (χ1n) is 7.24. The monoisotopic (exact) mass is 411 g/mol. The van der Waals surface area contributed by atoms with Crippen LogP contribution in [-0.4, -0.2) is 21.5 Å². The number of aryl methyl sites for hydroxylation is 1. The fraction of sp³-hybridized carbons (Fsp3) is 0.500. The number of fused-ring (bicyclic) bond motifs is 5. The Morgan fingerprint density at radius 3 is 2.05 bits per heavy atom. The van der Waals surface area contributed by atoms with E-state index in [0.29, 0.717) is 0 Å². The lowest BCUT2D eigenvalue weighted by atomic mass is 9.81. The highest BCUT2D eigenvalue weighted by Gasteiger charge is 2.66. The topological polar surface area (TPSA) is 37.4 Å². The van der Waals surface area contributed by atoms with Crippen LogP contribution in [0.2, 0.25) is 0 Å². The van der Waals surface area contributed by atoms with Crippen LogP contribution in [0, 0.1) is 30.6 Å². The van der Waals surface area contributed by atoms with Crippen LogP contribution in [-0.2, 0) is 9.59 Å². The second-order valence-corrected chi connectivity index (χ2v) is 8.42. The van der Waals surface area contributed by atoms with Gasteiger partial charge < -0.3 is 0 Å². The molecular formula is C16H15Br2NO2. The summed E-state index contributed by atoms with van der Waals surface area (Å²) in [6.07, 6.45) is 0.972. The van der Waals surface area contributed by atoms with Gasteiger partial charge in [-0.1, -0.05) is 50.1 Å². The molecular weight excluding hydrogens is 398 g/mol. The predicted molar refractivity (Wildman–Crippen MR) is 87.7 cm³/mol. The molecule has 2 aliphatic carbocycles. The average Bonchev–Trinajstić information content (AvgIpc) is 3.06. The molecule has 3 aliphatic rings. The lowest BCUT2D eigenvalue weighted by molar-refractivity contribution is -0.123. The summed E-state index contributed by atoms with van der Waals surface area (Å²) in [7, 11) is 0. The number of hydrogen-bond donors (Lipinski definition) is 0. The molecule has 4 rings (SSSR count). The number of anilines is 1. The average molecular weight is 413 g/mol. The second-order valence-electron chi connectivity index (χ2n) is 6.30. The highest BCUT2D eigenvalue weighted by Crippen LogP contribution is 2.60. The Labute approximate surface area is 140 Å². The summed E-state index contributed by atoms with van der Waals surface area (Å²) in [5.41, 5.74) is 1.72. The maximum absolute atomic E-state index is 12.9. The van der Waals surface area contributed by atoms with Crippen molar-refractivity contribution >= 4 is 49.4 Å². The normalized spacial score (nSPS) is 41.0. The molecule has 0 aromatic heterocycles. The van der Waals surface area contributed by atoms with Gasteiger partial charge in [0.1, 0.15) is 0 Å². The number of alkyl halides is 2. The number of benzene rings is 1. The molecule has 3 nitrogen and oxygen atoms in total. The summed E-state index contributed by atoms with van der Waals surface area (Å²) in [6, 6.07) is 7.62. The number of nitrogens with zero attached hydrogens (tertiary/aromatic N) is 1. The maximum Gasteiger partial charge on any atom is 0.238 e. The van der Waals surface area contributed by atoms with Crippen LogP contribution in [0.15, 0.2) is 24.3 Å². The van der Waals surface area contributed by atoms with E-state index >= 15 is 0 Å². The van der Waals surface area contributed by atoms with Gasteiger partial charge in [0.15, 0.2) is 0 Å². The molecule has 5 heteroatoms. The highest BCUT2D eigenvalue weighted by molar-refractivity contribution is 9.12. The number of halogens is 2. The Balaban J connectivity index is 1.77. The Morgan fingerprint density at radius 1 is 1.00 bits per heavy atom. The molecule has 1 aromatic carbocycles. The van der Waals surface area contributed by atoms with Crippen LogP contribution >= 0.6 is 31.9 Å². The summed E-state index contributed by atoms with van der Waals surface area (Å²) in [6.45, 7) is 1.94. The molecule has 1 heterocycles. The Bertz CT molecular complexity index is 615. The summed E-state index contributed by atoms with van der Waals surface area (Å²) in [5.74, 6) is 0.261. The molecule has 1 aromatic rings. The van der Waals surface area contributed by atoms with Crippen LogP contribution in [0.5, 0.6) is 0 Å². The van der Waals surface area contributed by atoms with Gasteiger partial charge in [-0.2, -0.15) is 0 Å². The van der Waals surface area contributed by atoms with Crippen molar-refractivity contribution in [2.75, 3.05) is 4.90 Å². The number of rotatable bonds is 1. The zero-order valence-electron chi connectivity index (χ0n) is 11.5. The van der Waals surface area contributed by atoms with Crippen molar-refractivity contribution in [2.24, 2.45) is 23.7 Å². The second kappa shape index (κ2) is 4.66. The largest absolute Gasteiger partial charge is 0.274 e. The molecule has 6 atom stereocenters. The van der Waals surface area contributed by atoms with E-state index in [2.05, 4.69) is 31.9 Å². The number of para-hydroxylation sites is 1. The van der Waals surface area contributed by atoms with E-state index in [1.807, 2.05) is 31.2 Å². The van der Waals surface area contributed by atoms with Crippen molar-refractivity contribution < 1.29 is 9.59 Å². The van der Waals surface area contributed by atoms with Crippen molar-refractivity contribution in [3.8, 4) is 0 Å². The Hall–Kier alpha value is -0.680. The van der Waals surface area contributed by atoms with Crippen molar-refractivity contribution in [1.29, 1.82) is 0 Å². The zero-order chi connectivity index (χ0) is 14.9. The van der Waals surface area contributed by atoms with E-state index in [9.17, 15) is 9.59 Å². The molecule has 21 heavy (non-hydrogen) atoms. The Kier molecular flexibility index (Phi) is 3.09. The molecule has 1 saturated heterocycles. The maximum atomic E-state index is 12.9. The highest BCUT2D eigenvalue weighted by atomic mass is 79.9. The van der Waals surface area contributed by atoms with Crippen LogP contribution in [0.4, 0.5) is 5.69 Å². The summed E-state index contributed by atoms with van der Waals surface area (Å²) < 4.78 is 0. The lowest BCUT2D eigenvalue weighted by Gasteiger charge is -2.28. The molecule has 1 aliphatic heterocycles. The van der Waals surface area contributed by atoms with E-state index in [1.54, 1.807) is 0 Å². The van der Waals surface area contributed by atoms with Crippen molar-refractivity contribution in [2.45, 2.75) is 23.0 Å². The molecule has 2 saturated carbocycles. The van der Waals surface area contributed by atoms with Crippen molar-refractivity contribution in [3.05, 3.63) is 29.8 Å². The minimum Gasteiger partial charge on any atom is -0.274 e. The van der Waals surface area contributed by atoms with Gasteiger partial charge in [0.05, 0.1) is 17.5 Å². The first-order valence-corrected chi connectivity index (χ1v) is 9.07. The first kappa shape index (κ1) is 13.9. The number of carbonyl (C=O) groups is 2. The lowest BCUT2D eigenvalue weighted by Crippen LogP contribution is -2.37. The first-order chi connectivity index (χ1) is 10.0. The van der Waals surface area contributed by atoms with Gasteiger partial charge in [0.2, 0.25) is 11.8 Å². The molecule has 0 spiro atoms. The number of hydrogen-bond acceptors (Lipinski definition) is 2. The molecule has 3 fully saturated rings. The minimum absolute atomic E-state index is 0.00403. The molecule has 2 amide bonds. The van der Waals surface area contributed by atoms with Crippen LogP contribution in [0.3, 0.4) is 0 Å². The quantitative estimate of drug-likeness (QED) is 0.524. The summed E-state index contributed by atoms with van der Waals surface area (Å²) in [4.78, 5) is 27.7. The third-order valence-corrected chi connectivity index (χ3v) is 8.55. The van der Waals surface area contributed by atoms with Gasteiger partial charge in [-0.05, 0) is 36.8 Å². The Morgan fingerprint density at radius 2 is 1.52 bits per heavy atom. The van der Waals surface area contributed by atoms with Crippen molar-refractivity contribution in [1.82, 2.24) is 0 Å². The molecule has 110 valence electrons. The van der Waals surface area contributed by atoms with Gasteiger partial charge in [-0.25, -0.2) is 4.90 Å². The van der Waals surface area contributed by atoms with Gasteiger partial charge in [-0.3, -0.25) is 9.59 Å². The van der Waals surface area contributed by atoms with Crippen LogP contribution < -0.4 is 4.90 Å². The smallest absolute Gasteiger partial charge is 0.238 e. The van der Waals surface area contributed by atoms with E-state index in [-0.39, 0.29) is 45.1 Å². The van der Waals surface area contributed by atoms with Gasteiger partial charge >= 0.3 is 0 Å². The number of carbonyl (C=O) groups excluding carboxylic acids is 2. The third-order valence-electron chi connectivity index (χ3n) is 5.34. The van der Waals surface area contributed by atoms with E-state index < -0.39 is 0 Å². The number of imide groups is 1. The van der Waals surface area contributed by atoms with E-state index in [4.69, 9.17) is 0 Å². The molecule has 0 N–H and O–H groups in total. The molecule has 0 unspecified atom stereocenters. The fourth-order valence-electron chi connectivity index (χ4n) is 4.40. The third kappa shape index (κ3) is 1.70. The van der Waals surface area contributed by atoms with Gasteiger partial charge in [0, 0.05) is 9.65 Å². The summed E-state index contributed by atoms with van der Waals surface area (Å²) >= 11 is 7.41. The predicted octanol–water partition coefficient (Wildman–Crippen LogP) is 3.28.